The molecule has 0 heterocycles. The summed E-state index contributed by atoms with van der Waals surface area (Å²) in [4.78, 5) is 11.6. The van der Waals surface area contributed by atoms with Crippen molar-refractivity contribution < 1.29 is 4.79 Å². The van der Waals surface area contributed by atoms with E-state index in [1.165, 1.54) is 42.4 Å². The van der Waals surface area contributed by atoms with Gasteiger partial charge in [0.25, 0.3) is 0 Å². The molecular formula is C16H24N2O. The predicted molar refractivity (Wildman–Crippen MR) is 78.0 cm³/mol. The maximum Gasteiger partial charge on any atom is 0.224 e. The maximum atomic E-state index is 11.6. The molecule has 0 aromatic heterocycles. The lowest BCUT2D eigenvalue weighted by atomic mass is 9.90. The standard InChI is InChI=1S/C16H24N2O/c1-12(11-17)16(19)18-9-8-13-6-7-14-4-2-3-5-15(14)10-13/h6-7,10,12H,2-5,8-9,11,17H2,1H3,(H,18,19). The molecule has 104 valence electrons. The normalized spacial score (nSPS) is 15.7. The Kier molecular flexibility index (Phi) is 4.97. The molecule has 1 amide bonds. The highest BCUT2D eigenvalue weighted by atomic mass is 16.1. The molecular weight excluding hydrogens is 236 g/mol. The second-order valence-corrected chi connectivity index (χ2v) is 5.49. The highest BCUT2D eigenvalue weighted by Gasteiger charge is 2.11. The maximum absolute atomic E-state index is 11.6. The lowest BCUT2D eigenvalue weighted by molar-refractivity contribution is -0.124. The Morgan fingerprint density at radius 2 is 2.05 bits per heavy atom. The minimum Gasteiger partial charge on any atom is -0.355 e. The smallest absolute Gasteiger partial charge is 0.224 e. The van der Waals surface area contributed by atoms with E-state index in [9.17, 15) is 4.79 Å². The summed E-state index contributed by atoms with van der Waals surface area (Å²) in [6.07, 6.45) is 5.96. The highest BCUT2D eigenvalue weighted by molar-refractivity contribution is 5.78. The summed E-state index contributed by atoms with van der Waals surface area (Å²) in [5.74, 6) is -0.0380. The molecule has 0 saturated heterocycles. The Morgan fingerprint density at radius 1 is 1.32 bits per heavy atom. The Labute approximate surface area is 115 Å². The number of carbonyl (C=O) groups is 1. The number of nitrogens with one attached hydrogen (secondary N) is 1. The van der Waals surface area contributed by atoms with E-state index in [0.29, 0.717) is 13.1 Å². The molecule has 0 aliphatic heterocycles. The van der Waals surface area contributed by atoms with Crippen LogP contribution < -0.4 is 11.1 Å². The molecule has 0 bridgehead atoms. The van der Waals surface area contributed by atoms with E-state index in [-0.39, 0.29) is 11.8 Å². The lowest BCUT2D eigenvalue weighted by Gasteiger charge is -2.17. The van der Waals surface area contributed by atoms with Gasteiger partial charge in [0.15, 0.2) is 0 Å². The van der Waals surface area contributed by atoms with Crippen LogP contribution >= 0.6 is 0 Å². The van der Waals surface area contributed by atoms with Crippen LogP contribution in [0.25, 0.3) is 0 Å². The fourth-order valence-corrected chi connectivity index (χ4v) is 2.55. The third-order valence-corrected chi connectivity index (χ3v) is 3.93. The summed E-state index contributed by atoms with van der Waals surface area (Å²) < 4.78 is 0. The third-order valence-electron chi connectivity index (χ3n) is 3.93. The van der Waals surface area contributed by atoms with E-state index >= 15 is 0 Å². The van der Waals surface area contributed by atoms with Gasteiger partial charge < -0.3 is 11.1 Å². The van der Waals surface area contributed by atoms with Crippen molar-refractivity contribution in [2.75, 3.05) is 13.1 Å². The molecule has 1 aliphatic carbocycles. The number of fused-ring (bicyclic) bond motifs is 1. The number of carbonyl (C=O) groups excluding carboxylic acids is 1. The molecule has 3 heteroatoms. The monoisotopic (exact) mass is 260 g/mol. The summed E-state index contributed by atoms with van der Waals surface area (Å²) in [5.41, 5.74) is 9.81. The van der Waals surface area contributed by atoms with Gasteiger partial charge in [-0.3, -0.25) is 4.79 Å². The lowest BCUT2D eigenvalue weighted by Crippen LogP contribution is -2.34. The van der Waals surface area contributed by atoms with E-state index in [0.717, 1.165) is 6.42 Å². The quantitative estimate of drug-likeness (QED) is 0.848. The zero-order valence-corrected chi connectivity index (χ0v) is 11.7. The first-order valence-corrected chi connectivity index (χ1v) is 7.29. The van der Waals surface area contributed by atoms with Crippen molar-refractivity contribution in [3.05, 3.63) is 34.9 Å². The number of hydrogen-bond donors (Lipinski definition) is 2. The molecule has 1 aromatic rings. The first-order valence-electron chi connectivity index (χ1n) is 7.29. The Bertz CT molecular complexity index is 442. The Balaban J connectivity index is 1.85. The molecule has 1 unspecified atom stereocenters. The minimum absolute atomic E-state index is 0.0560. The number of benzene rings is 1. The first kappa shape index (κ1) is 14.1. The predicted octanol–water partition coefficient (Wildman–Crippen LogP) is 1.82. The zero-order chi connectivity index (χ0) is 13.7. The van der Waals surface area contributed by atoms with E-state index in [1.807, 2.05) is 6.92 Å². The molecule has 3 N–H and O–H groups in total. The molecule has 2 rings (SSSR count). The second kappa shape index (κ2) is 6.71. The highest BCUT2D eigenvalue weighted by Crippen LogP contribution is 2.22. The summed E-state index contributed by atoms with van der Waals surface area (Å²) in [5, 5.41) is 2.94. The largest absolute Gasteiger partial charge is 0.355 e. The van der Waals surface area contributed by atoms with Gasteiger partial charge in [0.1, 0.15) is 0 Å². The van der Waals surface area contributed by atoms with Crippen LogP contribution in [0.3, 0.4) is 0 Å². The van der Waals surface area contributed by atoms with Crippen LogP contribution in [-0.4, -0.2) is 19.0 Å². The van der Waals surface area contributed by atoms with E-state index in [4.69, 9.17) is 5.73 Å². The number of nitrogens with two attached hydrogens (primary N) is 1. The summed E-state index contributed by atoms with van der Waals surface area (Å²) in [7, 11) is 0. The topological polar surface area (TPSA) is 55.1 Å². The minimum atomic E-state index is -0.0940. The fourth-order valence-electron chi connectivity index (χ4n) is 2.55. The average Bonchev–Trinajstić information content (AvgIpc) is 2.46. The molecule has 0 saturated carbocycles. The zero-order valence-electron chi connectivity index (χ0n) is 11.7. The van der Waals surface area contributed by atoms with Crippen molar-refractivity contribution in [2.45, 2.75) is 39.0 Å². The number of aryl methyl sites for hydroxylation is 2. The van der Waals surface area contributed by atoms with Crippen molar-refractivity contribution in [3.63, 3.8) is 0 Å². The number of amides is 1. The van der Waals surface area contributed by atoms with E-state index < -0.39 is 0 Å². The van der Waals surface area contributed by atoms with E-state index in [1.54, 1.807) is 0 Å². The van der Waals surface area contributed by atoms with Gasteiger partial charge in [0.05, 0.1) is 0 Å². The van der Waals surface area contributed by atoms with Crippen LogP contribution in [0.15, 0.2) is 18.2 Å². The Hall–Kier alpha value is -1.35. The molecule has 0 fully saturated rings. The number of rotatable bonds is 5. The molecule has 1 aliphatic rings. The third kappa shape index (κ3) is 3.80. The first-order chi connectivity index (χ1) is 9.20. The number of hydrogen-bond acceptors (Lipinski definition) is 2. The molecule has 3 nitrogen and oxygen atoms in total. The van der Waals surface area contributed by atoms with Gasteiger partial charge in [-0.05, 0) is 48.8 Å². The fraction of sp³-hybridized carbons (Fsp3) is 0.562. The SMILES string of the molecule is CC(CN)C(=O)NCCc1ccc2c(c1)CCCC2. The van der Waals surface area contributed by atoms with Crippen molar-refractivity contribution in [2.24, 2.45) is 11.7 Å². The van der Waals surface area contributed by atoms with Crippen LogP contribution in [0.1, 0.15) is 36.5 Å². The Morgan fingerprint density at radius 3 is 2.79 bits per heavy atom. The van der Waals surface area contributed by atoms with Crippen molar-refractivity contribution in [1.82, 2.24) is 5.32 Å². The summed E-state index contributed by atoms with van der Waals surface area (Å²) in [6.45, 7) is 2.96. The van der Waals surface area contributed by atoms with Crippen molar-refractivity contribution in [3.8, 4) is 0 Å². The van der Waals surface area contributed by atoms with Crippen LogP contribution in [0, 0.1) is 5.92 Å². The molecule has 1 atom stereocenters. The second-order valence-electron chi connectivity index (χ2n) is 5.49. The molecule has 0 spiro atoms. The van der Waals surface area contributed by atoms with Gasteiger partial charge in [0, 0.05) is 19.0 Å². The van der Waals surface area contributed by atoms with Gasteiger partial charge in [-0.2, -0.15) is 0 Å². The van der Waals surface area contributed by atoms with Gasteiger partial charge in [-0.1, -0.05) is 25.1 Å². The van der Waals surface area contributed by atoms with Crippen molar-refractivity contribution in [1.29, 1.82) is 0 Å². The van der Waals surface area contributed by atoms with Gasteiger partial charge in [0.2, 0.25) is 5.91 Å². The molecule has 19 heavy (non-hydrogen) atoms. The average molecular weight is 260 g/mol. The van der Waals surface area contributed by atoms with Crippen LogP contribution in [-0.2, 0) is 24.1 Å². The molecule has 0 radical (unpaired) electrons. The van der Waals surface area contributed by atoms with Crippen molar-refractivity contribution >= 4 is 5.91 Å². The van der Waals surface area contributed by atoms with Gasteiger partial charge >= 0.3 is 0 Å². The summed E-state index contributed by atoms with van der Waals surface area (Å²) >= 11 is 0. The van der Waals surface area contributed by atoms with Gasteiger partial charge in [-0.25, -0.2) is 0 Å². The van der Waals surface area contributed by atoms with Crippen LogP contribution in [0.5, 0.6) is 0 Å². The molecule has 1 aromatic carbocycles. The van der Waals surface area contributed by atoms with Gasteiger partial charge in [-0.15, -0.1) is 0 Å². The van der Waals surface area contributed by atoms with Crippen LogP contribution in [0.2, 0.25) is 0 Å². The van der Waals surface area contributed by atoms with E-state index in [2.05, 4.69) is 23.5 Å². The van der Waals surface area contributed by atoms with Crippen LogP contribution in [0.4, 0.5) is 0 Å². The summed E-state index contributed by atoms with van der Waals surface area (Å²) in [6, 6.07) is 6.77.